The number of aromatic carboxylic acids is 1. The number of hydrogen-bond donors (Lipinski definition) is 1. The summed E-state index contributed by atoms with van der Waals surface area (Å²) >= 11 is 0. The summed E-state index contributed by atoms with van der Waals surface area (Å²) in [6, 6.07) is 3.13. The summed E-state index contributed by atoms with van der Waals surface area (Å²) < 4.78 is 7.18. The minimum atomic E-state index is -1.03. The predicted molar refractivity (Wildman–Crippen MR) is 58.8 cm³/mol. The molecular formula is C11H11N3O3. The minimum absolute atomic E-state index is 0.0359. The van der Waals surface area contributed by atoms with Gasteiger partial charge < -0.3 is 14.4 Å². The molecule has 3 heterocycles. The zero-order chi connectivity index (χ0) is 11.8. The van der Waals surface area contributed by atoms with Crippen molar-refractivity contribution in [2.75, 3.05) is 6.61 Å². The van der Waals surface area contributed by atoms with E-state index < -0.39 is 5.97 Å². The van der Waals surface area contributed by atoms with Crippen LogP contribution in [0.1, 0.15) is 16.9 Å². The fraction of sp³-hybridized carbons (Fsp3) is 0.364. The van der Waals surface area contributed by atoms with Crippen LogP contribution in [0.25, 0.3) is 11.2 Å². The van der Waals surface area contributed by atoms with E-state index in [4.69, 9.17) is 9.84 Å². The maximum absolute atomic E-state index is 10.9. The van der Waals surface area contributed by atoms with Gasteiger partial charge in [-0.05, 0) is 18.6 Å². The van der Waals surface area contributed by atoms with Crippen LogP contribution in [-0.4, -0.2) is 38.3 Å². The number of carboxylic acids is 1. The summed E-state index contributed by atoms with van der Waals surface area (Å²) in [6.07, 6.45) is 2.89. The normalized spacial score (nSPS) is 19.2. The Kier molecular flexibility index (Phi) is 2.29. The van der Waals surface area contributed by atoms with Crippen LogP contribution in [0.5, 0.6) is 0 Å². The number of aromatic nitrogens is 3. The lowest BCUT2D eigenvalue weighted by Gasteiger charge is -2.26. The van der Waals surface area contributed by atoms with Gasteiger partial charge in [0.25, 0.3) is 0 Å². The summed E-state index contributed by atoms with van der Waals surface area (Å²) in [7, 11) is 0. The Labute approximate surface area is 96.9 Å². The van der Waals surface area contributed by atoms with Crippen molar-refractivity contribution in [3.63, 3.8) is 0 Å². The Morgan fingerprint density at radius 1 is 1.59 bits per heavy atom. The van der Waals surface area contributed by atoms with E-state index in [9.17, 15) is 4.79 Å². The molecule has 0 amide bonds. The number of nitrogens with zero attached hydrogens (tertiary/aromatic N) is 3. The van der Waals surface area contributed by atoms with Crippen molar-refractivity contribution in [1.82, 2.24) is 14.5 Å². The van der Waals surface area contributed by atoms with Gasteiger partial charge in [0.05, 0.1) is 19.0 Å². The summed E-state index contributed by atoms with van der Waals surface area (Å²) in [5, 5.41) is 8.90. The molecule has 6 nitrogen and oxygen atoms in total. The molecule has 2 aromatic heterocycles. The van der Waals surface area contributed by atoms with Crippen LogP contribution in [0, 0.1) is 0 Å². The topological polar surface area (TPSA) is 77.2 Å². The van der Waals surface area contributed by atoms with Crippen LogP contribution < -0.4 is 0 Å². The summed E-state index contributed by atoms with van der Waals surface area (Å²) in [4.78, 5) is 19.1. The van der Waals surface area contributed by atoms with Gasteiger partial charge in [-0.2, -0.15) is 0 Å². The molecule has 17 heavy (non-hydrogen) atoms. The number of hydrogen-bond acceptors (Lipinski definition) is 4. The summed E-state index contributed by atoms with van der Waals surface area (Å²) in [5.41, 5.74) is 1.34. The van der Waals surface area contributed by atoms with Crippen LogP contribution in [0.15, 0.2) is 18.5 Å². The molecule has 0 bridgehead atoms. The monoisotopic (exact) mass is 233 g/mol. The van der Waals surface area contributed by atoms with Crippen LogP contribution in [0.3, 0.4) is 0 Å². The lowest BCUT2D eigenvalue weighted by atomic mass is 10.2. The Hall–Kier alpha value is -1.95. The maximum atomic E-state index is 10.9. The van der Waals surface area contributed by atoms with Gasteiger partial charge in [-0.1, -0.05) is 0 Å². The third kappa shape index (κ3) is 1.76. The average molecular weight is 233 g/mol. The highest BCUT2D eigenvalue weighted by molar-refractivity contribution is 5.88. The largest absolute Gasteiger partial charge is 0.477 e. The van der Waals surface area contributed by atoms with Crippen LogP contribution in [0.2, 0.25) is 0 Å². The van der Waals surface area contributed by atoms with E-state index in [1.54, 1.807) is 12.4 Å². The van der Waals surface area contributed by atoms with Crippen molar-refractivity contribution in [3.05, 3.63) is 24.2 Å². The summed E-state index contributed by atoms with van der Waals surface area (Å²) in [6.45, 7) is 1.47. The molecule has 0 radical (unpaired) electrons. The number of carbonyl (C=O) groups is 1. The summed E-state index contributed by atoms with van der Waals surface area (Å²) in [5.74, 6) is -1.03. The molecule has 0 saturated carbocycles. The standard InChI is InChI=1S/C11H11N3O3/c15-11(16)9-2-1-8-10(13-9)14(6-12-8)5-7-3-4-17-7/h1-2,6-7H,3-5H2,(H,15,16). The van der Waals surface area contributed by atoms with Gasteiger partial charge in [0.15, 0.2) is 11.3 Å². The first-order valence-corrected chi connectivity index (χ1v) is 5.41. The van der Waals surface area contributed by atoms with E-state index in [1.807, 2.05) is 4.57 Å². The molecule has 1 saturated heterocycles. The van der Waals surface area contributed by atoms with Gasteiger partial charge in [-0.25, -0.2) is 14.8 Å². The van der Waals surface area contributed by atoms with E-state index in [1.165, 1.54) is 6.07 Å². The van der Waals surface area contributed by atoms with E-state index in [2.05, 4.69) is 9.97 Å². The van der Waals surface area contributed by atoms with Crippen molar-refractivity contribution in [3.8, 4) is 0 Å². The number of carboxylic acid groups (broad SMARTS) is 1. The molecule has 6 heteroatoms. The number of fused-ring (bicyclic) bond motifs is 1. The first-order chi connectivity index (χ1) is 8.24. The van der Waals surface area contributed by atoms with Crippen molar-refractivity contribution in [2.24, 2.45) is 0 Å². The number of rotatable bonds is 3. The maximum Gasteiger partial charge on any atom is 0.354 e. The smallest absolute Gasteiger partial charge is 0.354 e. The Morgan fingerprint density at radius 2 is 2.41 bits per heavy atom. The van der Waals surface area contributed by atoms with Gasteiger partial charge in [-0.15, -0.1) is 0 Å². The molecule has 0 aromatic carbocycles. The van der Waals surface area contributed by atoms with Gasteiger partial charge in [0.1, 0.15) is 5.52 Å². The molecule has 0 aliphatic carbocycles. The molecule has 1 atom stereocenters. The molecule has 0 spiro atoms. The quantitative estimate of drug-likeness (QED) is 0.852. The molecular weight excluding hydrogens is 222 g/mol. The van der Waals surface area contributed by atoms with Crippen LogP contribution in [-0.2, 0) is 11.3 Å². The van der Waals surface area contributed by atoms with E-state index >= 15 is 0 Å². The second-order valence-corrected chi connectivity index (χ2v) is 4.02. The number of imidazole rings is 1. The first-order valence-electron chi connectivity index (χ1n) is 5.41. The molecule has 1 fully saturated rings. The van der Waals surface area contributed by atoms with Crippen LogP contribution >= 0.6 is 0 Å². The minimum Gasteiger partial charge on any atom is -0.477 e. The second-order valence-electron chi connectivity index (χ2n) is 4.02. The van der Waals surface area contributed by atoms with Gasteiger partial charge >= 0.3 is 5.97 Å². The van der Waals surface area contributed by atoms with Gasteiger partial charge in [-0.3, -0.25) is 0 Å². The van der Waals surface area contributed by atoms with E-state index in [0.29, 0.717) is 17.7 Å². The number of pyridine rings is 1. The highest BCUT2D eigenvalue weighted by Crippen LogP contribution is 2.17. The first kappa shape index (κ1) is 10.2. The van der Waals surface area contributed by atoms with Crippen LogP contribution in [0.4, 0.5) is 0 Å². The van der Waals surface area contributed by atoms with Crippen molar-refractivity contribution < 1.29 is 14.6 Å². The molecule has 3 rings (SSSR count). The molecule has 1 aliphatic heterocycles. The Morgan fingerprint density at radius 3 is 3.06 bits per heavy atom. The van der Waals surface area contributed by atoms with Gasteiger partial charge in [0, 0.05) is 6.61 Å². The Balaban J connectivity index is 1.99. The SMILES string of the molecule is O=C(O)c1ccc2ncn(CC3CCO3)c2n1. The fourth-order valence-electron chi connectivity index (χ4n) is 1.84. The zero-order valence-corrected chi connectivity index (χ0v) is 9.04. The van der Waals surface area contributed by atoms with Gasteiger partial charge in [0.2, 0.25) is 0 Å². The Bertz CT molecular complexity index is 574. The lowest BCUT2D eigenvalue weighted by Crippen LogP contribution is -2.31. The predicted octanol–water partition coefficient (Wildman–Crippen LogP) is 0.918. The fourth-order valence-corrected chi connectivity index (χ4v) is 1.84. The van der Waals surface area contributed by atoms with E-state index in [0.717, 1.165) is 13.0 Å². The van der Waals surface area contributed by atoms with E-state index in [-0.39, 0.29) is 11.8 Å². The molecule has 88 valence electrons. The van der Waals surface area contributed by atoms with Crippen molar-refractivity contribution in [1.29, 1.82) is 0 Å². The number of ether oxygens (including phenoxy) is 1. The third-order valence-corrected chi connectivity index (χ3v) is 2.88. The second kappa shape index (κ2) is 3.81. The van der Waals surface area contributed by atoms with Crippen molar-refractivity contribution in [2.45, 2.75) is 19.1 Å². The third-order valence-electron chi connectivity index (χ3n) is 2.88. The lowest BCUT2D eigenvalue weighted by molar-refractivity contribution is -0.0587. The molecule has 1 N–H and O–H groups in total. The van der Waals surface area contributed by atoms with Crippen molar-refractivity contribution >= 4 is 17.1 Å². The molecule has 1 unspecified atom stereocenters. The average Bonchev–Trinajstić information content (AvgIpc) is 2.65. The molecule has 2 aromatic rings. The zero-order valence-electron chi connectivity index (χ0n) is 9.04. The highest BCUT2D eigenvalue weighted by atomic mass is 16.5. The highest BCUT2D eigenvalue weighted by Gasteiger charge is 2.20. The molecule has 1 aliphatic rings.